The molecule has 2 fully saturated rings. The standard InChI is InChI=1S/C14H28N4O/c1-2-17-9-11-18(12-10-17)8-7-16-13(19)14(15)5-3-4-6-14/h2-12,15H2,1H3,(H,16,19). The van der Waals surface area contributed by atoms with Crippen molar-refractivity contribution in [1.29, 1.82) is 0 Å². The van der Waals surface area contributed by atoms with Gasteiger partial charge in [0.15, 0.2) is 0 Å². The largest absolute Gasteiger partial charge is 0.353 e. The summed E-state index contributed by atoms with van der Waals surface area (Å²) in [7, 11) is 0. The molecule has 19 heavy (non-hydrogen) atoms. The second-order valence-electron chi connectivity index (χ2n) is 5.90. The van der Waals surface area contributed by atoms with E-state index in [2.05, 4.69) is 22.0 Å². The van der Waals surface area contributed by atoms with Crippen molar-refractivity contribution < 1.29 is 4.79 Å². The van der Waals surface area contributed by atoms with E-state index in [9.17, 15) is 4.79 Å². The number of rotatable bonds is 5. The Morgan fingerprint density at radius 2 is 1.74 bits per heavy atom. The summed E-state index contributed by atoms with van der Waals surface area (Å²) < 4.78 is 0. The van der Waals surface area contributed by atoms with Crippen LogP contribution in [0.15, 0.2) is 0 Å². The molecule has 3 N–H and O–H groups in total. The van der Waals surface area contributed by atoms with E-state index in [4.69, 9.17) is 5.73 Å². The predicted molar refractivity (Wildman–Crippen MR) is 77.0 cm³/mol. The van der Waals surface area contributed by atoms with Gasteiger partial charge in [-0.3, -0.25) is 9.69 Å². The highest BCUT2D eigenvalue weighted by Crippen LogP contribution is 2.27. The molecule has 1 aliphatic carbocycles. The fraction of sp³-hybridized carbons (Fsp3) is 0.929. The first kappa shape index (κ1) is 14.8. The van der Waals surface area contributed by atoms with E-state index in [0.717, 1.165) is 71.5 Å². The minimum atomic E-state index is -0.582. The molecule has 0 radical (unpaired) electrons. The Labute approximate surface area is 116 Å². The van der Waals surface area contributed by atoms with Gasteiger partial charge in [0.1, 0.15) is 0 Å². The molecule has 5 heteroatoms. The van der Waals surface area contributed by atoms with E-state index in [0.29, 0.717) is 0 Å². The van der Waals surface area contributed by atoms with Gasteiger partial charge in [-0.1, -0.05) is 19.8 Å². The number of carbonyl (C=O) groups excluding carboxylic acids is 1. The average molecular weight is 268 g/mol. The Morgan fingerprint density at radius 3 is 2.32 bits per heavy atom. The van der Waals surface area contributed by atoms with Crippen LogP contribution in [0.1, 0.15) is 32.6 Å². The third kappa shape index (κ3) is 3.91. The number of carbonyl (C=O) groups is 1. The maximum absolute atomic E-state index is 12.0. The highest BCUT2D eigenvalue weighted by molar-refractivity contribution is 5.86. The van der Waals surface area contributed by atoms with Crippen molar-refractivity contribution >= 4 is 5.91 Å². The van der Waals surface area contributed by atoms with Gasteiger partial charge in [-0.15, -0.1) is 0 Å². The molecule has 0 aromatic carbocycles. The molecule has 0 aromatic rings. The first-order chi connectivity index (χ1) is 9.14. The van der Waals surface area contributed by atoms with Gasteiger partial charge in [0.2, 0.25) is 5.91 Å². The van der Waals surface area contributed by atoms with Crippen molar-refractivity contribution in [1.82, 2.24) is 15.1 Å². The van der Waals surface area contributed by atoms with Crippen molar-refractivity contribution in [3.8, 4) is 0 Å². The van der Waals surface area contributed by atoms with Crippen molar-refractivity contribution in [2.75, 3.05) is 45.8 Å². The molecule has 0 spiro atoms. The fourth-order valence-corrected chi connectivity index (χ4v) is 3.07. The first-order valence-corrected chi connectivity index (χ1v) is 7.66. The highest BCUT2D eigenvalue weighted by atomic mass is 16.2. The summed E-state index contributed by atoms with van der Waals surface area (Å²) in [6, 6.07) is 0. The molecular formula is C14H28N4O. The summed E-state index contributed by atoms with van der Waals surface area (Å²) in [4.78, 5) is 16.9. The lowest BCUT2D eigenvalue weighted by atomic mass is 9.98. The molecule has 1 saturated heterocycles. The zero-order chi connectivity index (χ0) is 13.7. The highest BCUT2D eigenvalue weighted by Gasteiger charge is 2.36. The number of nitrogens with zero attached hydrogens (tertiary/aromatic N) is 2. The van der Waals surface area contributed by atoms with Crippen molar-refractivity contribution in [2.24, 2.45) is 5.73 Å². The topological polar surface area (TPSA) is 61.6 Å². The molecule has 0 unspecified atom stereocenters. The van der Waals surface area contributed by atoms with Crippen LogP contribution >= 0.6 is 0 Å². The van der Waals surface area contributed by atoms with Crippen molar-refractivity contribution in [3.05, 3.63) is 0 Å². The van der Waals surface area contributed by atoms with Crippen LogP contribution in [-0.4, -0.2) is 67.1 Å². The minimum absolute atomic E-state index is 0.0530. The monoisotopic (exact) mass is 268 g/mol. The van der Waals surface area contributed by atoms with Crippen molar-refractivity contribution in [3.63, 3.8) is 0 Å². The Bertz CT molecular complexity index is 294. The van der Waals surface area contributed by atoms with Gasteiger partial charge in [0.05, 0.1) is 5.54 Å². The molecule has 0 bridgehead atoms. The van der Waals surface area contributed by atoms with E-state index in [1.165, 1.54) is 0 Å². The van der Waals surface area contributed by atoms with Crippen LogP contribution in [0.25, 0.3) is 0 Å². The number of nitrogens with one attached hydrogen (secondary N) is 1. The van der Waals surface area contributed by atoms with E-state index in [1.54, 1.807) is 0 Å². The quantitative estimate of drug-likeness (QED) is 0.737. The lowest BCUT2D eigenvalue weighted by molar-refractivity contribution is -0.126. The van der Waals surface area contributed by atoms with Crippen LogP contribution in [-0.2, 0) is 4.79 Å². The Morgan fingerprint density at radius 1 is 1.16 bits per heavy atom. The smallest absolute Gasteiger partial charge is 0.240 e. The van der Waals surface area contributed by atoms with Gasteiger partial charge in [-0.05, 0) is 19.4 Å². The van der Waals surface area contributed by atoms with Gasteiger partial charge < -0.3 is 16.0 Å². The van der Waals surface area contributed by atoms with Crippen LogP contribution in [0, 0.1) is 0 Å². The molecule has 1 heterocycles. The van der Waals surface area contributed by atoms with Gasteiger partial charge in [-0.2, -0.15) is 0 Å². The number of amides is 1. The number of hydrogen-bond donors (Lipinski definition) is 2. The lowest BCUT2D eigenvalue weighted by Crippen LogP contribution is -2.54. The summed E-state index contributed by atoms with van der Waals surface area (Å²) in [5, 5.41) is 3.02. The van der Waals surface area contributed by atoms with Gasteiger partial charge in [-0.25, -0.2) is 0 Å². The van der Waals surface area contributed by atoms with E-state index < -0.39 is 5.54 Å². The third-order valence-corrected chi connectivity index (χ3v) is 4.57. The zero-order valence-electron chi connectivity index (χ0n) is 12.2. The first-order valence-electron chi connectivity index (χ1n) is 7.66. The SMILES string of the molecule is CCN1CCN(CCNC(=O)C2(N)CCCC2)CC1. The molecule has 0 atom stereocenters. The van der Waals surface area contributed by atoms with Crippen LogP contribution < -0.4 is 11.1 Å². The summed E-state index contributed by atoms with van der Waals surface area (Å²) in [5.74, 6) is 0.0530. The molecule has 110 valence electrons. The maximum atomic E-state index is 12.0. The molecule has 1 amide bonds. The molecule has 5 nitrogen and oxygen atoms in total. The number of hydrogen-bond acceptors (Lipinski definition) is 4. The van der Waals surface area contributed by atoms with Crippen LogP contribution in [0.3, 0.4) is 0 Å². The molecule has 1 saturated carbocycles. The third-order valence-electron chi connectivity index (χ3n) is 4.57. The van der Waals surface area contributed by atoms with Crippen LogP contribution in [0.2, 0.25) is 0 Å². The summed E-state index contributed by atoms with van der Waals surface area (Å²) in [5.41, 5.74) is 5.54. The molecule has 2 aliphatic rings. The normalized spacial score (nSPS) is 24.5. The van der Waals surface area contributed by atoms with E-state index >= 15 is 0 Å². The maximum Gasteiger partial charge on any atom is 0.240 e. The second-order valence-corrected chi connectivity index (χ2v) is 5.90. The Kier molecular flexibility index (Phi) is 5.19. The summed E-state index contributed by atoms with van der Waals surface area (Å²) >= 11 is 0. The Balaban J connectivity index is 1.63. The second kappa shape index (κ2) is 6.68. The number of nitrogens with two attached hydrogens (primary N) is 1. The fourth-order valence-electron chi connectivity index (χ4n) is 3.07. The van der Waals surface area contributed by atoms with Gasteiger partial charge in [0.25, 0.3) is 0 Å². The average Bonchev–Trinajstić information content (AvgIpc) is 2.88. The van der Waals surface area contributed by atoms with E-state index in [1.807, 2.05) is 0 Å². The van der Waals surface area contributed by atoms with Crippen LogP contribution in [0.4, 0.5) is 0 Å². The van der Waals surface area contributed by atoms with Gasteiger partial charge >= 0.3 is 0 Å². The lowest BCUT2D eigenvalue weighted by Gasteiger charge is -2.34. The van der Waals surface area contributed by atoms with Crippen molar-refractivity contribution in [2.45, 2.75) is 38.1 Å². The molecule has 1 aliphatic heterocycles. The number of likely N-dealkylation sites (N-methyl/N-ethyl adjacent to an activating group) is 1. The summed E-state index contributed by atoms with van der Waals surface area (Å²) in [6.45, 7) is 9.52. The minimum Gasteiger partial charge on any atom is -0.353 e. The molecule has 0 aromatic heterocycles. The Hall–Kier alpha value is -0.650. The van der Waals surface area contributed by atoms with Crippen LogP contribution in [0.5, 0.6) is 0 Å². The van der Waals surface area contributed by atoms with Gasteiger partial charge in [0, 0.05) is 39.3 Å². The molecular weight excluding hydrogens is 240 g/mol. The predicted octanol–water partition coefficient (Wildman–Crippen LogP) is 0.0116. The van der Waals surface area contributed by atoms with E-state index in [-0.39, 0.29) is 5.91 Å². The summed E-state index contributed by atoms with van der Waals surface area (Å²) in [6.07, 6.45) is 3.85. The molecule has 2 rings (SSSR count). The number of piperazine rings is 1. The zero-order valence-corrected chi connectivity index (χ0v) is 12.2.